The van der Waals surface area contributed by atoms with Gasteiger partial charge in [0.2, 0.25) is 0 Å². The third kappa shape index (κ3) is 3.42. The molecule has 0 aliphatic rings. The van der Waals surface area contributed by atoms with Crippen LogP contribution in [0.25, 0.3) is 11.1 Å². The number of halogens is 1. The summed E-state index contributed by atoms with van der Waals surface area (Å²) in [7, 11) is 0. The number of nitrogens with one attached hydrogen (secondary N) is 1. The molecule has 0 aromatic heterocycles. The Morgan fingerprint density at radius 3 is 2.37 bits per heavy atom. The Morgan fingerprint density at radius 1 is 1.05 bits per heavy atom. The second kappa shape index (κ2) is 6.48. The van der Waals surface area contributed by atoms with E-state index in [1.165, 1.54) is 11.6 Å². The standard InChI is InChI=1S/C17H20FN/c1-3-12-19-13(2)14-8-10-15(11-9-14)16-6-4-5-7-17(16)18/h4-11,13,19H,3,12H2,1-2H3. The van der Waals surface area contributed by atoms with Crippen molar-refractivity contribution in [3.63, 3.8) is 0 Å². The van der Waals surface area contributed by atoms with Gasteiger partial charge in [-0.15, -0.1) is 0 Å². The van der Waals surface area contributed by atoms with Crippen LogP contribution in [0.4, 0.5) is 4.39 Å². The van der Waals surface area contributed by atoms with Gasteiger partial charge in [0.1, 0.15) is 5.82 Å². The van der Waals surface area contributed by atoms with Crippen molar-refractivity contribution < 1.29 is 4.39 Å². The lowest BCUT2D eigenvalue weighted by molar-refractivity contribution is 0.571. The molecule has 0 aliphatic carbocycles. The lowest BCUT2D eigenvalue weighted by Crippen LogP contribution is -2.19. The fourth-order valence-corrected chi connectivity index (χ4v) is 2.13. The highest BCUT2D eigenvalue weighted by Gasteiger charge is 2.06. The Hall–Kier alpha value is -1.67. The van der Waals surface area contributed by atoms with Crippen LogP contribution in [-0.4, -0.2) is 6.54 Å². The first-order valence-electron chi connectivity index (χ1n) is 6.80. The largest absolute Gasteiger partial charge is 0.310 e. The minimum Gasteiger partial charge on any atom is -0.310 e. The molecule has 0 saturated carbocycles. The lowest BCUT2D eigenvalue weighted by atomic mass is 10.0. The Kier molecular flexibility index (Phi) is 4.69. The van der Waals surface area contributed by atoms with E-state index in [-0.39, 0.29) is 5.82 Å². The van der Waals surface area contributed by atoms with Crippen LogP contribution in [-0.2, 0) is 0 Å². The molecule has 2 aromatic carbocycles. The van der Waals surface area contributed by atoms with Crippen LogP contribution in [0.15, 0.2) is 48.5 Å². The molecule has 2 rings (SSSR count). The number of hydrogen-bond donors (Lipinski definition) is 1. The molecule has 0 saturated heterocycles. The predicted molar refractivity (Wildman–Crippen MR) is 78.5 cm³/mol. The predicted octanol–water partition coefficient (Wildman–Crippen LogP) is 4.55. The molecule has 19 heavy (non-hydrogen) atoms. The first-order chi connectivity index (χ1) is 9.22. The van der Waals surface area contributed by atoms with Gasteiger partial charge < -0.3 is 5.32 Å². The molecule has 1 atom stereocenters. The van der Waals surface area contributed by atoms with E-state index in [0.717, 1.165) is 18.5 Å². The van der Waals surface area contributed by atoms with Crippen LogP contribution in [0.2, 0.25) is 0 Å². The van der Waals surface area contributed by atoms with E-state index in [0.29, 0.717) is 11.6 Å². The van der Waals surface area contributed by atoms with E-state index in [1.807, 2.05) is 24.3 Å². The molecule has 0 amide bonds. The summed E-state index contributed by atoms with van der Waals surface area (Å²) < 4.78 is 13.7. The number of benzene rings is 2. The molecule has 0 radical (unpaired) electrons. The van der Waals surface area contributed by atoms with Gasteiger partial charge in [-0.25, -0.2) is 4.39 Å². The molecular weight excluding hydrogens is 237 g/mol. The number of hydrogen-bond acceptors (Lipinski definition) is 1. The van der Waals surface area contributed by atoms with Crippen molar-refractivity contribution in [2.24, 2.45) is 0 Å². The summed E-state index contributed by atoms with van der Waals surface area (Å²) in [5.41, 5.74) is 2.81. The van der Waals surface area contributed by atoms with Gasteiger partial charge in [0.25, 0.3) is 0 Å². The van der Waals surface area contributed by atoms with E-state index in [2.05, 4.69) is 31.3 Å². The summed E-state index contributed by atoms with van der Waals surface area (Å²) in [5.74, 6) is -0.174. The molecule has 2 heteroatoms. The van der Waals surface area contributed by atoms with E-state index >= 15 is 0 Å². The molecule has 1 N–H and O–H groups in total. The molecule has 2 aromatic rings. The molecule has 0 spiro atoms. The van der Waals surface area contributed by atoms with Gasteiger partial charge in [-0.3, -0.25) is 0 Å². The summed E-state index contributed by atoms with van der Waals surface area (Å²) in [4.78, 5) is 0. The van der Waals surface area contributed by atoms with Crippen molar-refractivity contribution in [3.05, 3.63) is 59.9 Å². The van der Waals surface area contributed by atoms with Crippen molar-refractivity contribution >= 4 is 0 Å². The zero-order valence-electron chi connectivity index (χ0n) is 11.5. The molecular formula is C17H20FN. The Balaban J connectivity index is 2.17. The maximum absolute atomic E-state index is 13.7. The second-order valence-electron chi connectivity index (χ2n) is 4.78. The fraction of sp³-hybridized carbons (Fsp3) is 0.294. The lowest BCUT2D eigenvalue weighted by Gasteiger charge is -2.14. The number of rotatable bonds is 5. The Labute approximate surface area is 114 Å². The van der Waals surface area contributed by atoms with Gasteiger partial charge in [0, 0.05) is 11.6 Å². The second-order valence-corrected chi connectivity index (χ2v) is 4.78. The quantitative estimate of drug-likeness (QED) is 0.828. The molecule has 1 unspecified atom stereocenters. The van der Waals surface area contributed by atoms with Crippen LogP contribution in [0, 0.1) is 5.82 Å². The fourth-order valence-electron chi connectivity index (χ4n) is 2.13. The third-order valence-corrected chi connectivity index (χ3v) is 3.30. The molecule has 0 heterocycles. The first kappa shape index (κ1) is 13.8. The Morgan fingerprint density at radius 2 is 1.74 bits per heavy atom. The van der Waals surface area contributed by atoms with Gasteiger partial charge in [-0.05, 0) is 37.1 Å². The average molecular weight is 257 g/mol. The summed E-state index contributed by atoms with van der Waals surface area (Å²) in [6.45, 7) is 5.31. The normalized spacial score (nSPS) is 12.4. The maximum Gasteiger partial charge on any atom is 0.131 e. The zero-order chi connectivity index (χ0) is 13.7. The Bertz CT molecular complexity index is 519. The molecule has 100 valence electrons. The highest BCUT2D eigenvalue weighted by molar-refractivity contribution is 5.64. The average Bonchev–Trinajstić information content (AvgIpc) is 2.45. The van der Waals surface area contributed by atoms with Crippen LogP contribution in [0.5, 0.6) is 0 Å². The molecule has 0 bridgehead atoms. The van der Waals surface area contributed by atoms with E-state index < -0.39 is 0 Å². The minimum absolute atomic E-state index is 0.174. The molecule has 1 nitrogen and oxygen atoms in total. The highest BCUT2D eigenvalue weighted by Crippen LogP contribution is 2.24. The van der Waals surface area contributed by atoms with E-state index in [1.54, 1.807) is 6.07 Å². The summed E-state index contributed by atoms with van der Waals surface area (Å²) >= 11 is 0. The van der Waals surface area contributed by atoms with Crippen molar-refractivity contribution in [1.82, 2.24) is 5.32 Å². The van der Waals surface area contributed by atoms with Crippen LogP contribution < -0.4 is 5.32 Å². The molecule has 0 fully saturated rings. The smallest absolute Gasteiger partial charge is 0.131 e. The van der Waals surface area contributed by atoms with Crippen molar-refractivity contribution in [3.8, 4) is 11.1 Å². The zero-order valence-corrected chi connectivity index (χ0v) is 11.5. The van der Waals surface area contributed by atoms with E-state index in [4.69, 9.17) is 0 Å². The topological polar surface area (TPSA) is 12.0 Å². The van der Waals surface area contributed by atoms with Gasteiger partial charge in [-0.2, -0.15) is 0 Å². The van der Waals surface area contributed by atoms with Gasteiger partial charge in [-0.1, -0.05) is 49.4 Å². The summed E-state index contributed by atoms with van der Waals surface area (Å²) in [6.07, 6.45) is 1.12. The molecule has 0 aliphatic heterocycles. The summed E-state index contributed by atoms with van der Waals surface area (Å²) in [6, 6.07) is 15.3. The van der Waals surface area contributed by atoms with Gasteiger partial charge in [0.05, 0.1) is 0 Å². The summed E-state index contributed by atoms with van der Waals surface area (Å²) in [5, 5.41) is 3.45. The van der Waals surface area contributed by atoms with Crippen LogP contribution in [0.3, 0.4) is 0 Å². The first-order valence-corrected chi connectivity index (χ1v) is 6.80. The maximum atomic E-state index is 13.7. The van der Waals surface area contributed by atoms with Crippen molar-refractivity contribution in [1.29, 1.82) is 0 Å². The van der Waals surface area contributed by atoms with Gasteiger partial charge >= 0.3 is 0 Å². The third-order valence-electron chi connectivity index (χ3n) is 3.30. The van der Waals surface area contributed by atoms with E-state index in [9.17, 15) is 4.39 Å². The SMILES string of the molecule is CCCNC(C)c1ccc(-c2ccccc2F)cc1. The highest BCUT2D eigenvalue weighted by atomic mass is 19.1. The van der Waals surface area contributed by atoms with Crippen LogP contribution >= 0.6 is 0 Å². The van der Waals surface area contributed by atoms with Crippen LogP contribution in [0.1, 0.15) is 31.9 Å². The van der Waals surface area contributed by atoms with Crippen molar-refractivity contribution in [2.45, 2.75) is 26.3 Å². The van der Waals surface area contributed by atoms with Crippen molar-refractivity contribution in [2.75, 3.05) is 6.54 Å². The monoisotopic (exact) mass is 257 g/mol. The minimum atomic E-state index is -0.174. The van der Waals surface area contributed by atoms with Gasteiger partial charge in [0.15, 0.2) is 0 Å².